The molecule has 33 heavy (non-hydrogen) atoms. The predicted octanol–water partition coefficient (Wildman–Crippen LogP) is 3.41. The number of hydrogen-bond acceptors (Lipinski definition) is 4. The van der Waals surface area contributed by atoms with Gasteiger partial charge in [-0.2, -0.15) is 0 Å². The molecule has 0 aliphatic carbocycles. The van der Waals surface area contributed by atoms with Crippen LogP contribution in [0.4, 0.5) is 5.69 Å². The Balaban J connectivity index is 1.31. The van der Waals surface area contributed by atoms with Crippen molar-refractivity contribution >= 4 is 22.5 Å². The molecule has 1 saturated heterocycles. The Morgan fingerprint density at radius 1 is 1.03 bits per heavy atom. The fourth-order valence-electron chi connectivity index (χ4n) is 4.60. The SMILES string of the molecule is CCCCNCC(Cc1c[nH]c2ccccc12)NC(=O)CN1CCN(c2ccccc2)CC1. The van der Waals surface area contributed by atoms with Crippen molar-refractivity contribution in [1.82, 2.24) is 20.5 Å². The second-order valence-electron chi connectivity index (χ2n) is 8.98. The van der Waals surface area contributed by atoms with Crippen molar-refractivity contribution in [2.75, 3.05) is 50.7 Å². The number of hydrogen-bond donors (Lipinski definition) is 3. The van der Waals surface area contributed by atoms with E-state index in [0.717, 1.165) is 57.6 Å². The van der Waals surface area contributed by atoms with E-state index in [0.29, 0.717) is 6.54 Å². The lowest BCUT2D eigenvalue weighted by atomic mass is 10.0. The average Bonchev–Trinajstić information content (AvgIpc) is 3.25. The number of fused-ring (bicyclic) bond motifs is 1. The van der Waals surface area contributed by atoms with Crippen LogP contribution < -0.4 is 15.5 Å². The van der Waals surface area contributed by atoms with Gasteiger partial charge in [-0.05, 0) is 43.1 Å². The number of benzene rings is 2. The van der Waals surface area contributed by atoms with Crippen molar-refractivity contribution in [2.24, 2.45) is 0 Å². The first-order valence-electron chi connectivity index (χ1n) is 12.3. The number of piperazine rings is 1. The molecular formula is C27H37N5O. The van der Waals surface area contributed by atoms with Gasteiger partial charge in [-0.15, -0.1) is 0 Å². The van der Waals surface area contributed by atoms with Crippen LogP contribution >= 0.6 is 0 Å². The molecule has 1 aromatic heterocycles. The van der Waals surface area contributed by atoms with E-state index in [1.807, 2.05) is 12.1 Å². The van der Waals surface area contributed by atoms with Gasteiger partial charge in [-0.1, -0.05) is 49.7 Å². The lowest BCUT2D eigenvalue weighted by Crippen LogP contribution is -2.52. The minimum absolute atomic E-state index is 0.0687. The summed E-state index contributed by atoms with van der Waals surface area (Å²) in [6.07, 6.45) is 5.22. The molecular weight excluding hydrogens is 410 g/mol. The number of aromatic amines is 1. The van der Waals surface area contributed by atoms with Crippen LogP contribution in [0.15, 0.2) is 60.8 Å². The molecule has 0 saturated carbocycles. The first-order valence-corrected chi connectivity index (χ1v) is 12.3. The van der Waals surface area contributed by atoms with E-state index < -0.39 is 0 Å². The van der Waals surface area contributed by atoms with E-state index in [2.05, 4.69) is 81.0 Å². The number of nitrogens with one attached hydrogen (secondary N) is 3. The Morgan fingerprint density at radius 2 is 1.79 bits per heavy atom. The monoisotopic (exact) mass is 447 g/mol. The third-order valence-corrected chi connectivity index (χ3v) is 6.47. The van der Waals surface area contributed by atoms with E-state index in [1.165, 1.54) is 23.1 Å². The summed E-state index contributed by atoms with van der Waals surface area (Å²) in [4.78, 5) is 21.0. The molecule has 6 nitrogen and oxygen atoms in total. The highest BCUT2D eigenvalue weighted by molar-refractivity contribution is 5.83. The van der Waals surface area contributed by atoms with E-state index in [9.17, 15) is 4.79 Å². The van der Waals surface area contributed by atoms with Crippen molar-refractivity contribution in [3.8, 4) is 0 Å². The molecule has 1 amide bonds. The molecule has 4 rings (SSSR count). The maximum Gasteiger partial charge on any atom is 0.234 e. The number of carbonyl (C=O) groups is 1. The second-order valence-corrected chi connectivity index (χ2v) is 8.98. The van der Waals surface area contributed by atoms with Crippen LogP contribution in [0, 0.1) is 0 Å². The Labute approximate surface area is 197 Å². The summed E-state index contributed by atoms with van der Waals surface area (Å²) in [5, 5.41) is 8.09. The molecule has 1 aliphatic rings. The first-order chi connectivity index (χ1) is 16.2. The van der Waals surface area contributed by atoms with Crippen molar-refractivity contribution in [1.29, 1.82) is 0 Å². The van der Waals surface area contributed by atoms with Crippen molar-refractivity contribution in [3.63, 3.8) is 0 Å². The second kappa shape index (κ2) is 11.9. The van der Waals surface area contributed by atoms with Crippen LogP contribution in [0.3, 0.4) is 0 Å². The molecule has 0 radical (unpaired) electrons. The molecule has 3 aromatic rings. The molecule has 176 valence electrons. The average molecular weight is 448 g/mol. The van der Waals surface area contributed by atoms with Gasteiger partial charge in [0.2, 0.25) is 5.91 Å². The Kier molecular flexibility index (Phi) is 8.39. The number of H-pyrrole nitrogens is 1. The van der Waals surface area contributed by atoms with Crippen LogP contribution in [0.2, 0.25) is 0 Å². The summed E-state index contributed by atoms with van der Waals surface area (Å²) in [5.74, 6) is 0.116. The third-order valence-electron chi connectivity index (χ3n) is 6.47. The largest absolute Gasteiger partial charge is 0.369 e. The van der Waals surface area contributed by atoms with Gasteiger partial charge < -0.3 is 20.5 Å². The normalized spacial score (nSPS) is 15.6. The summed E-state index contributed by atoms with van der Waals surface area (Å²) in [6, 6.07) is 19.0. The number of para-hydroxylation sites is 2. The molecule has 6 heteroatoms. The maximum absolute atomic E-state index is 13.0. The number of amides is 1. The van der Waals surface area contributed by atoms with Crippen molar-refractivity contribution in [3.05, 3.63) is 66.4 Å². The Morgan fingerprint density at radius 3 is 2.58 bits per heavy atom. The summed E-state index contributed by atoms with van der Waals surface area (Å²) < 4.78 is 0. The minimum atomic E-state index is 0.0687. The molecule has 2 heterocycles. The molecule has 2 aromatic carbocycles. The van der Waals surface area contributed by atoms with Gasteiger partial charge in [0, 0.05) is 61.6 Å². The summed E-state index contributed by atoms with van der Waals surface area (Å²) in [6.45, 7) is 8.15. The zero-order valence-electron chi connectivity index (χ0n) is 19.7. The van der Waals surface area contributed by atoms with E-state index in [4.69, 9.17) is 0 Å². The van der Waals surface area contributed by atoms with Crippen LogP contribution in [-0.2, 0) is 11.2 Å². The molecule has 1 atom stereocenters. The van der Waals surface area contributed by atoms with Gasteiger partial charge >= 0.3 is 0 Å². The highest BCUT2D eigenvalue weighted by Crippen LogP contribution is 2.19. The van der Waals surface area contributed by atoms with Crippen molar-refractivity contribution in [2.45, 2.75) is 32.2 Å². The lowest BCUT2D eigenvalue weighted by Gasteiger charge is -2.36. The van der Waals surface area contributed by atoms with Gasteiger partial charge in [0.1, 0.15) is 0 Å². The summed E-state index contributed by atoms with van der Waals surface area (Å²) in [5.41, 5.74) is 3.66. The highest BCUT2D eigenvalue weighted by Gasteiger charge is 2.21. The standard InChI is InChI=1S/C27H37N5O/c1-2-3-13-28-20-23(18-22-19-29-26-12-8-7-11-25(22)26)30-27(33)21-31-14-16-32(17-15-31)24-9-5-4-6-10-24/h4-12,19,23,28-29H,2-3,13-18,20-21H2,1H3,(H,30,33). The summed E-state index contributed by atoms with van der Waals surface area (Å²) in [7, 11) is 0. The van der Waals surface area contributed by atoms with Crippen LogP contribution in [0.5, 0.6) is 0 Å². The van der Waals surface area contributed by atoms with E-state index >= 15 is 0 Å². The fourth-order valence-corrected chi connectivity index (χ4v) is 4.60. The number of nitrogens with zero attached hydrogens (tertiary/aromatic N) is 2. The third kappa shape index (κ3) is 6.59. The van der Waals surface area contributed by atoms with Gasteiger partial charge in [0.25, 0.3) is 0 Å². The van der Waals surface area contributed by atoms with E-state index in [1.54, 1.807) is 0 Å². The fraction of sp³-hybridized carbons (Fsp3) is 0.444. The maximum atomic E-state index is 13.0. The Hall–Kier alpha value is -2.83. The minimum Gasteiger partial charge on any atom is -0.369 e. The molecule has 1 fully saturated rings. The smallest absolute Gasteiger partial charge is 0.234 e. The van der Waals surface area contributed by atoms with Crippen molar-refractivity contribution < 1.29 is 4.79 Å². The van der Waals surface area contributed by atoms with Crippen LogP contribution in [-0.4, -0.2) is 67.6 Å². The zero-order chi connectivity index (χ0) is 22.9. The number of carbonyl (C=O) groups excluding carboxylic acids is 1. The van der Waals surface area contributed by atoms with E-state index in [-0.39, 0.29) is 11.9 Å². The molecule has 0 spiro atoms. The highest BCUT2D eigenvalue weighted by atomic mass is 16.2. The molecule has 1 aliphatic heterocycles. The van der Waals surface area contributed by atoms with Crippen LogP contribution in [0.1, 0.15) is 25.3 Å². The predicted molar refractivity (Wildman–Crippen MR) is 137 cm³/mol. The molecule has 0 bridgehead atoms. The number of rotatable bonds is 11. The zero-order valence-corrected chi connectivity index (χ0v) is 19.7. The number of anilines is 1. The molecule has 1 unspecified atom stereocenters. The number of unbranched alkanes of at least 4 members (excludes halogenated alkanes) is 1. The van der Waals surface area contributed by atoms with Gasteiger partial charge in [-0.3, -0.25) is 9.69 Å². The Bertz CT molecular complexity index is 994. The molecule has 3 N–H and O–H groups in total. The first kappa shape index (κ1) is 23.3. The van der Waals surface area contributed by atoms with Gasteiger partial charge in [0.05, 0.1) is 6.54 Å². The van der Waals surface area contributed by atoms with Gasteiger partial charge in [0.15, 0.2) is 0 Å². The van der Waals surface area contributed by atoms with Crippen LogP contribution in [0.25, 0.3) is 10.9 Å². The topological polar surface area (TPSA) is 63.4 Å². The summed E-state index contributed by atoms with van der Waals surface area (Å²) >= 11 is 0. The number of aromatic nitrogens is 1. The lowest BCUT2D eigenvalue weighted by molar-refractivity contribution is -0.123. The quantitative estimate of drug-likeness (QED) is 0.394. The van der Waals surface area contributed by atoms with Gasteiger partial charge in [-0.25, -0.2) is 0 Å².